The largest absolute Gasteiger partial charge is 0.399 e. The van der Waals surface area contributed by atoms with Gasteiger partial charge in [-0.2, -0.15) is 0 Å². The van der Waals surface area contributed by atoms with E-state index in [9.17, 15) is 4.79 Å². The van der Waals surface area contributed by atoms with E-state index in [1.807, 2.05) is 23.6 Å². The van der Waals surface area contributed by atoms with Crippen LogP contribution in [0.2, 0.25) is 0 Å². The number of fused-ring (bicyclic) bond motifs is 1. The van der Waals surface area contributed by atoms with Crippen LogP contribution in [-0.4, -0.2) is 5.91 Å². The number of hydrogen-bond acceptors (Lipinski definition) is 4. The van der Waals surface area contributed by atoms with E-state index in [1.165, 1.54) is 4.70 Å². The monoisotopic (exact) mass is 283 g/mol. The number of nitrogens with two attached hydrogens (primary N) is 2. The third kappa shape index (κ3) is 2.31. The molecule has 1 heterocycles. The van der Waals surface area contributed by atoms with Crippen molar-refractivity contribution in [1.29, 1.82) is 0 Å². The van der Waals surface area contributed by atoms with Gasteiger partial charge in [0.05, 0.1) is 11.3 Å². The van der Waals surface area contributed by atoms with Gasteiger partial charge in [0.1, 0.15) is 0 Å². The Hall–Kier alpha value is -2.53. The maximum atomic E-state index is 11.4. The minimum atomic E-state index is -0.482. The van der Waals surface area contributed by atoms with Crippen molar-refractivity contribution in [3.63, 3.8) is 0 Å². The van der Waals surface area contributed by atoms with Crippen molar-refractivity contribution in [3.05, 3.63) is 53.4 Å². The maximum absolute atomic E-state index is 11.4. The molecule has 100 valence electrons. The molecule has 0 fully saturated rings. The molecule has 2 aromatic carbocycles. The SMILES string of the molecule is NC(=O)c1ccc(N)cc1Nc1ccc2sccc2c1. The Labute approximate surface area is 120 Å². The average Bonchev–Trinajstić information content (AvgIpc) is 2.85. The summed E-state index contributed by atoms with van der Waals surface area (Å²) in [6, 6.07) is 13.1. The van der Waals surface area contributed by atoms with Crippen LogP contribution in [0.5, 0.6) is 0 Å². The van der Waals surface area contributed by atoms with Gasteiger partial charge in [-0.15, -0.1) is 11.3 Å². The first-order valence-electron chi connectivity index (χ1n) is 6.07. The first-order valence-corrected chi connectivity index (χ1v) is 6.95. The molecule has 1 amide bonds. The second-order valence-corrected chi connectivity index (χ2v) is 5.42. The van der Waals surface area contributed by atoms with Gasteiger partial charge in [-0.25, -0.2) is 0 Å². The summed E-state index contributed by atoms with van der Waals surface area (Å²) in [6.07, 6.45) is 0. The van der Waals surface area contributed by atoms with Crippen molar-refractivity contribution in [2.75, 3.05) is 11.1 Å². The number of nitrogens with one attached hydrogen (secondary N) is 1. The van der Waals surface area contributed by atoms with Crippen LogP contribution in [0.4, 0.5) is 17.1 Å². The van der Waals surface area contributed by atoms with Gasteiger partial charge in [-0.1, -0.05) is 0 Å². The Kier molecular flexibility index (Phi) is 3.04. The van der Waals surface area contributed by atoms with Crippen molar-refractivity contribution in [1.82, 2.24) is 0 Å². The van der Waals surface area contributed by atoms with Crippen LogP contribution in [0.1, 0.15) is 10.4 Å². The van der Waals surface area contributed by atoms with E-state index in [1.54, 1.807) is 29.5 Å². The number of amides is 1. The van der Waals surface area contributed by atoms with Crippen LogP contribution in [-0.2, 0) is 0 Å². The number of carbonyl (C=O) groups excluding carboxylic acids is 1. The van der Waals surface area contributed by atoms with E-state index in [0.29, 0.717) is 16.9 Å². The van der Waals surface area contributed by atoms with Gasteiger partial charge in [-0.05, 0) is 53.2 Å². The van der Waals surface area contributed by atoms with Crippen LogP contribution in [0, 0.1) is 0 Å². The fourth-order valence-electron chi connectivity index (χ4n) is 2.08. The second-order valence-electron chi connectivity index (χ2n) is 4.47. The van der Waals surface area contributed by atoms with Crippen LogP contribution < -0.4 is 16.8 Å². The minimum absolute atomic E-state index is 0.421. The molecule has 5 heteroatoms. The molecule has 0 saturated carbocycles. The average molecular weight is 283 g/mol. The Morgan fingerprint density at radius 1 is 1.10 bits per heavy atom. The van der Waals surface area contributed by atoms with Crippen molar-refractivity contribution in [2.45, 2.75) is 0 Å². The van der Waals surface area contributed by atoms with Gasteiger partial charge in [0, 0.05) is 16.1 Å². The summed E-state index contributed by atoms with van der Waals surface area (Å²) in [4.78, 5) is 11.4. The molecule has 20 heavy (non-hydrogen) atoms. The third-order valence-corrected chi connectivity index (χ3v) is 3.94. The number of primary amides is 1. The third-order valence-electron chi connectivity index (χ3n) is 3.04. The van der Waals surface area contributed by atoms with Gasteiger partial charge in [0.25, 0.3) is 5.91 Å². The highest BCUT2D eigenvalue weighted by atomic mass is 32.1. The lowest BCUT2D eigenvalue weighted by Gasteiger charge is -2.11. The predicted octanol–water partition coefficient (Wildman–Crippen LogP) is 3.33. The van der Waals surface area contributed by atoms with E-state index in [-0.39, 0.29) is 0 Å². The van der Waals surface area contributed by atoms with E-state index in [0.717, 1.165) is 11.1 Å². The molecule has 0 spiro atoms. The Bertz CT molecular complexity index is 795. The zero-order valence-electron chi connectivity index (χ0n) is 10.6. The zero-order valence-corrected chi connectivity index (χ0v) is 11.4. The minimum Gasteiger partial charge on any atom is -0.399 e. The van der Waals surface area contributed by atoms with Crippen molar-refractivity contribution in [2.24, 2.45) is 5.73 Å². The van der Waals surface area contributed by atoms with Gasteiger partial charge in [0.15, 0.2) is 0 Å². The molecule has 3 rings (SSSR count). The fourth-order valence-corrected chi connectivity index (χ4v) is 2.85. The van der Waals surface area contributed by atoms with Crippen LogP contribution in [0.3, 0.4) is 0 Å². The van der Waals surface area contributed by atoms with Gasteiger partial charge in [-0.3, -0.25) is 4.79 Å². The lowest BCUT2D eigenvalue weighted by Crippen LogP contribution is -2.13. The fraction of sp³-hybridized carbons (Fsp3) is 0. The topological polar surface area (TPSA) is 81.1 Å². The number of rotatable bonds is 3. The molecule has 0 aliphatic rings. The summed E-state index contributed by atoms with van der Waals surface area (Å²) in [7, 11) is 0. The quantitative estimate of drug-likeness (QED) is 0.645. The predicted molar refractivity (Wildman–Crippen MR) is 84.5 cm³/mol. The molecular formula is C15H13N3OS. The number of nitrogen functional groups attached to an aromatic ring is 1. The van der Waals surface area contributed by atoms with Gasteiger partial charge in [0.2, 0.25) is 0 Å². The highest BCUT2D eigenvalue weighted by molar-refractivity contribution is 7.17. The summed E-state index contributed by atoms with van der Waals surface area (Å²) in [5, 5.41) is 6.40. The Morgan fingerprint density at radius 2 is 1.95 bits per heavy atom. The smallest absolute Gasteiger partial charge is 0.250 e. The number of anilines is 3. The molecule has 3 aromatic rings. The number of carbonyl (C=O) groups is 1. The summed E-state index contributed by atoms with van der Waals surface area (Å²) in [6.45, 7) is 0. The maximum Gasteiger partial charge on any atom is 0.250 e. The molecule has 5 N–H and O–H groups in total. The molecule has 0 radical (unpaired) electrons. The van der Waals surface area contributed by atoms with Crippen molar-refractivity contribution in [3.8, 4) is 0 Å². The molecule has 1 aromatic heterocycles. The molecule has 0 bridgehead atoms. The van der Waals surface area contributed by atoms with Gasteiger partial charge >= 0.3 is 0 Å². The number of thiophene rings is 1. The lowest BCUT2D eigenvalue weighted by molar-refractivity contribution is 0.100. The molecule has 4 nitrogen and oxygen atoms in total. The summed E-state index contributed by atoms with van der Waals surface area (Å²) >= 11 is 1.69. The first-order chi connectivity index (χ1) is 9.63. The van der Waals surface area contributed by atoms with Crippen LogP contribution in [0.25, 0.3) is 10.1 Å². The van der Waals surface area contributed by atoms with E-state index >= 15 is 0 Å². The Balaban J connectivity index is 2.01. The van der Waals surface area contributed by atoms with Gasteiger partial charge < -0.3 is 16.8 Å². The summed E-state index contributed by atoms with van der Waals surface area (Å²) in [5.41, 5.74) is 13.6. The van der Waals surface area contributed by atoms with Crippen LogP contribution in [0.15, 0.2) is 47.8 Å². The molecule has 0 atom stereocenters. The number of hydrogen-bond donors (Lipinski definition) is 3. The lowest BCUT2D eigenvalue weighted by atomic mass is 10.1. The van der Waals surface area contributed by atoms with Crippen molar-refractivity contribution < 1.29 is 4.79 Å². The molecule has 0 unspecified atom stereocenters. The zero-order chi connectivity index (χ0) is 14.1. The molecule has 0 aliphatic heterocycles. The summed E-state index contributed by atoms with van der Waals surface area (Å²) < 4.78 is 1.22. The first kappa shape index (κ1) is 12.5. The Morgan fingerprint density at radius 3 is 2.75 bits per heavy atom. The highest BCUT2D eigenvalue weighted by Gasteiger charge is 2.09. The van der Waals surface area contributed by atoms with Crippen molar-refractivity contribution >= 4 is 44.4 Å². The number of benzene rings is 2. The summed E-state index contributed by atoms with van der Waals surface area (Å²) in [5.74, 6) is -0.482. The van der Waals surface area contributed by atoms with E-state index in [4.69, 9.17) is 11.5 Å². The van der Waals surface area contributed by atoms with Crippen LogP contribution >= 0.6 is 11.3 Å². The molecule has 0 aliphatic carbocycles. The molecular weight excluding hydrogens is 270 g/mol. The molecule has 0 saturated heterocycles. The van der Waals surface area contributed by atoms with E-state index < -0.39 is 5.91 Å². The van der Waals surface area contributed by atoms with E-state index in [2.05, 4.69) is 11.4 Å². The second kappa shape index (κ2) is 4.86. The standard InChI is InChI=1S/C15H13N3OS/c16-10-1-3-12(15(17)19)13(8-10)18-11-2-4-14-9(7-11)5-6-20-14/h1-8,18H,16H2,(H2,17,19). The highest BCUT2D eigenvalue weighted by Crippen LogP contribution is 2.28. The normalized spacial score (nSPS) is 10.6.